The third-order valence-electron chi connectivity index (χ3n) is 4.42. The number of piperidine rings is 1. The molecule has 1 fully saturated rings. The number of primary amides is 1. The van der Waals surface area contributed by atoms with Crippen molar-refractivity contribution in [3.63, 3.8) is 0 Å². The van der Waals surface area contributed by atoms with Gasteiger partial charge < -0.3 is 22.1 Å². The van der Waals surface area contributed by atoms with Gasteiger partial charge in [0.1, 0.15) is 5.01 Å². The second-order valence-corrected chi connectivity index (χ2v) is 7.27. The molecule has 2 aromatic rings. The zero-order chi connectivity index (χ0) is 20.2. The van der Waals surface area contributed by atoms with E-state index in [1.165, 1.54) is 11.3 Å². The highest BCUT2D eigenvalue weighted by Crippen LogP contribution is 2.31. The number of rotatable bonds is 6. The Bertz CT molecular complexity index is 768. The normalized spacial score (nSPS) is 15.3. The van der Waals surface area contributed by atoms with E-state index in [0.29, 0.717) is 11.0 Å². The van der Waals surface area contributed by atoms with E-state index < -0.39 is 0 Å². The van der Waals surface area contributed by atoms with E-state index in [9.17, 15) is 0 Å². The van der Waals surface area contributed by atoms with E-state index in [0.717, 1.165) is 55.2 Å². The summed E-state index contributed by atoms with van der Waals surface area (Å²) in [6.45, 7) is 1.94. The molecule has 0 radical (unpaired) electrons. The van der Waals surface area contributed by atoms with Gasteiger partial charge in [0.05, 0.1) is 5.70 Å². The van der Waals surface area contributed by atoms with Crippen molar-refractivity contribution in [2.24, 2.45) is 11.5 Å². The van der Waals surface area contributed by atoms with Crippen molar-refractivity contribution < 1.29 is 4.79 Å². The topological polar surface area (TPSA) is 137 Å². The van der Waals surface area contributed by atoms with Crippen molar-refractivity contribution in [3.05, 3.63) is 59.1 Å². The number of pyridine rings is 1. The third kappa shape index (κ3) is 6.66. The number of aryl methyl sites for hydroxylation is 1. The molecule has 8 nitrogen and oxygen atoms in total. The van der Waals surface area contributed by atoms with Crippen LogP contribution in [-0.4, -0.2) is 39.6 Å². The number of hydrogen-bond donors (Lipinski definition) is 3. The number of likely N-dealkylation sites (tertiary alicyclic amines) is 1. The maximum atomic E-state index is 8.58. The summed E-state index contributed by atoms with van der Waals surface area (Å²) in [4.78, 5) is 15.3. The van der Waals surface area contributed by atoms with Gasteiger partial charge in [-0.3, -0.25) is 9.78 Å². The van der Waals surface area contributed by atoms with Crippen LogP contribution >= 0.6 is 11.3 Å². The van der Waals surface area contributed by atoms with Crippen molar-refractivity contribution in [1.29, 1.82) is 0 Å². The predicted molar refractivity (Wildman–Crippen MR) is 112 cm³/mol. The highest BCUT2D eigenvalue weighted by Gasteiger charge is 2.23. The molecule has 150 valence electrons. The molecule has 0 aromatic carbocycles. The number of nitrogens with zero attached hydrogens (tertiary/aromatic N) is 4. The lowest BCUT2D eigenvalue weighted by atomic mass is 9.97. The van der Waals surface area contributed by atoms with Crippen molar-refractivity contribution in [1.82, 2.24) is 20.1 Å². The summed E-state index contributed by atoms with van der Waals surface area (Å²) in [5.41, 5.74) is 17.9. The maximum Gasteiger partial charge on any atom is 0.204 e. The van der Waals surface area contributed by atoms with Gasteiger partial charge in [0.15, 0.2) is 0 Å². The Morgan fingerprint density at radius 1 is 1.25 bits per heavy atom. The molecule has 0 saturated carbocycles. The van der Waals surface area contributed by atoms with E-state index in [2.05, 4.69) is 44.0 Å². The molecule has 0 unspecified atom stereocenters. The van der Waals surface area contributed by atoms with Crippen LogP contribution in [0.2, 0.25) is 0 Å². The zero-order valence-corrected chi connectivity index (χ0v) is 16.6. The highest BCUT2D eigenvalue weighted by molar-refractivity contribution is 7.15. The summed E-state index contributed by atoms with van der Waals surface area (Å²) in [5.74, 6) is 0.457. The molecule has 0 bridgehead atoms. The van der Waals surface area contributed by atoms with E-state index in [4.69, 9.17) is 16.3 Å². The van der Waals surface area contributed by atoms with Gasteiger partial charge in [-0.05, 0) is 43.9 Å². The molecule has 3 heterocycles. The second-order valence-electron chi connectivity index (χ2n) is 6.23. The van der Waals surface area contributed by atoms with Crippen molar-refractivity contribution in [3.8, 4) is 0 Å². The van der Waals surface area contributed by atoms with E-state index >= 15 is 0 Å². The minimum Gasteiger partial charge on any atom is -0.403 e. The Hall–Kier alpha value is -2.94. The Balaban J connectivity index is 0.000000878. The van der Waals surface area contributed by atoms with Crippen molar-refractivity contribution >= 4 is 22.9 Å². The number of carbonyl (C=O) groups excluding carboxylic acids is 1. The lowest BCUT2D eigenvalue weighted by Gasteiger charge is -2.33. The average molecular weight is 402 g/mol. The minimum atomic E-state index is 0.250. The van der Waals surface area contributed by atoms with Crippen molar-refractivity contribution in [2.75, 3.05) is 18.8 Å². The summed E-state index contributed by atoms with van der Waals surface area (Å²) < 4.78 is 0. The lowest BCUT2D eigenvalue weighted by Crippen LogP contribution is -2.32. The van der Waals surface area contributed by atoms with Crippen LogP contribution in [0.1, 0.15) is 35.9 Å². The quantitative estimate of drug-likeness (QED) is 0.495. The number of aromatic nitrogens is 3. The first-order chi connectivity index (χ1) is 13.7. The number of carbonyl (C=O) groups is 1. The Morgan fingerprint density at radius 2 is 2.00 bits per heavy atom. The number of nitrogens with two attached hydrogens (primary N) is 3. The van der Waals surface area contributed by atoms with Gasteiger partial charge in [0.25, 0.3) is 0 Å². The number of allylic oxidation sites excluding steroid dienone is 2. The first-order valence-corrected chi connectivity index (χ1v) is 9.97. The number of hydrogen-bond acceptors (Lipinski definition) is 8. The van der Waals surface area contributed by atoms with Gasteiger partial charge in [-0.1, -0.05) is 23.5 Å². The molecule has 9 heteroatoms. The molecule has 1 aliphatic heterocycles. The SMILES string of the molecule is N/C=C(\C=C/CCc1ccccn1)N1CCC(c2nnc(N)s2)CC1.NC=O. The Labute approximate surface area is 169 Å². The molecule has 0 atom stereocenters. The molecule has 3 rings (SSSR count). The Kier molecular flexibility index (Phi) is 8.93. The fourth-order valence-electron chi connectivity index (χ4n) is 3.04. The smallest absolute Gasteiger partial charge is 0.204 e. The first kappa shape index (κ1) is 21.4. The van der Waals surface area contributed by atoms with Crippen LogP contribution in [0.3, 0.4) is 0 Å². The molecule has 1 saturated heterocycles. The van der Waals surface area contributed by atoms with Gasteiger partial charge >= 0.3 is 0 Å². The molecule has 0 aliphatic carbocycles. The molecule has 28 heavy (non-hydrogen) atoms. The molecular weight excluding hydrogens is 374 g/mol. The zero-order valence-electron chi connectivity index (χ0n) is 15.8. The fourth-order valence-corrected chi connectivity index (χ4v) is 3.82. The summed E-state index contributed by atoms with van der Waals surface area (Å²) >= 11 is 1.50. The molecule has 0 spiro atoms. The third-order valence-corrected chi connectivity index (χ3v) is 5.33. The second kappa shape index (κ2) is 11.7. The number of nitrogen functional groups attached to an aromatic ring is 1. The molecular formula is C19H27N7OS. The summed E-state index contributed by atoms with van der Waals surface area (Å²) in [7, 11) is 0. The largest absolute Gasteiger partial charge is 0.403 e. The van der Waals surface area contributed by atoms with Gasteiger partial charge in [-0.15, -0.1) is 10.2 Å². The molecule has 2 aromatic heterocycles. The van der Waals surface area contributed by atoms with Crippen LogP contribution in [0, 0.1) is 0 Å². The van der Waals surface area contributed by atoms with Crippen LogP contribution in [0.25, 0.3) is 0 Å². The maximum absolute atomic E-state index is 8.58. The lowest BCUT2D eigenvalue weighted by molar-refractivity contribution is -0.106. The van der Waals surface area contributed by atoms with E-state index in [-0.39, 0.29) is 6.41 Å². The molecule has 1 aliphatic rings. The average Bonchev–Trinajstić information content (AvgIpc) is 3.16. The van der Waals surface area contributed by atoms with Crippen LogP contribution in [0.15, 0.2) is 48.4 Å². The summed E-state index contributed by atoms with van der Waals surface area (Å²) in [6, 6.07) is 6.01. The number of anilines is 1. The van der Waals surface area contributed by atoms with Crippen molar-refractivity contribution in [2.45, 2.75) is 31.6 Å². The monoisotopic (exact) mass is 401 g/mol. The predicted octanol–water partition coefficient (Wildman–Crippen LogP) is 1.79. The van der Waals surface area contributed by atoms with Gasteiger partial charge in [-0.2, -0.15) is 0 Å². The summed E-state index contributed by atoms with van der Waals surface area (Å²) in [6.07, 6.45) is 12.1. The van der Waals surface area contributed by atoms with Gasteiger partial charge in [0, 0.05) is 37.1 Å². The Morgan fingerprint density at radius 3 is 2.57 bits per heavy atom. The summed E-state index contributed by atoms with van der Waals surface area (Å²) in [5, 5.41) is 9.72. The van der Waals surface area contributed by atoms with Crippen LogP contribution in [-0.2, 0) is 11.2 Å². The van der Waals surface area contributed by atoms with E-state index in [1.807, 2.05) is 18.3 Å². The molecule has 1 amide bonds. The number of amides is 1. The van der Waals surface area contributed by atoms with Gasteiger partial charge in [-0.25, -0.2) is 0 Å². The van der Waals surface area contributed by atoms with Crippen LogP contribution in [0.4, 0.5) is 5.13 Å². The minimum absolute atomic E-state index is 0.250. The van der Waals surface area contributed by atoms with Gasteiger partial charge in [0.2, 0.25) is 11.5 Å². The molecule has 6 N–H and O–H groups in total. The first-order valence-electron chi connectivity index (χ1n) is 9.15. The standard InChI is InChI=1S/C18H24N6S.CH3NO/c19-13-16(7-2-1-5-15-6-3-4-10-21-15)24-11-8-14(9-12-24)17-22-23-18(20)25-17;2-1-3/h2-4,6-7,10,13-14H,1,5,8-9,11-12,19H2,(H2,20,23);1H,(H2,2,3)/b7-2-,16-13+;. The van der Waals surface area contributed by atoms with Crippen LogP contribution in [0.5, 0.6) is 0 Å². The fraction of sp³-hybridized carbons (Fsp3) is 0.368. The van der Waals surface area contributed by atoms with E-state index in [1.54, 1.807) is 6.20 Å². The van der Waals surface area contributed by atoms with Crippen LogP contribution < -0.4 is 17.2 Å². The highest BCUT2D eigenvalue weighted by atomic mass is 32.1.